The average molecular weight is 264 g/mol. The van der Waals surface area contributed by atoms with E-state index in [2.05, 4.69) is 0 Å². The maximum atomic E-state index is 12.4. The Balaban J connectivity index is 3.98. The van der Waals surface area contributed by atoms with Crippen molar-refractivity contribution >= 4 is 15.2 Å². The quantitative estimate of drug-likeness (QED) is 0.427. The molecular weight excluding hydrogens is 256 g/mol. The molecule has 0 saturated heterocycles. The highest BCUT2D eigenvalue weighted by molar-refractivity contribution is 7.50. The Hall–Kier alpha value is 0.160. The van der Waals surface area contributed by atoms with E-state index in [-0.39, 0.29) is 6.42 Å². The number of rotatable bonds is 6. The Morgan fingerprint density at radius 2 is 1.47 bits per heavy atom. The summed E-state index contributed by atoms with van der Waals surface area (Å²) in [4.78, 5) is 40.1. The summed E-state index contributed by atoms with van der Waals surface area (Å²) in [5, 5.41) is 0. The van der Waals surface area contributed by atoms with Gasteiger partial charge in [0.1, 0.15) is 0 Å². The zero-order valence-electron chi connectivity index (χ0n) is 7.43. The lowest BCUT2D eigenvalue weighted by atomic mass is 10.2. The molecule has 15 heavy (non-hydrogen) atoms. The normalized spacial score (nSPS) is 14.3. The van der Waals surface area contributed by atoms with E-state index in [0.29, 0.717) is 0 Å². The van der Waals surface area contributed by atoms with Crippen molar-refractivity contribution in [1.82, 2.24) is 0 Å². The van der Waals surface area contributed by atoms with E-state index in [1.165, 1.54) is 0 Å². The van der Waals surface area contributed by atoms with Gasteiger partial charge in [-0.05, 0) is 19.0 Å². The Kier molecular flexibility index (Phi) is 5.05. The minimum absolute atomic E-state index is 0.389. The fraction of sp³-hybridized carbons (Fsp3) is 1.00. The van der Waals surface area contributed by atoms with Crippen molar-refractivity contribution in [3.05, 3.63) is 0 Å². The molecule has 0 spiro atoms. The molecule has 0 bridgehead atoms. The summed E-state index contributed by atoms with van der Waals surface area (Å²) in [6.07, 6.45) is -3.00. The largest absolute Gasteiger partial charge is 0.811 e. The molecule has 0 aliphatic rings. The lowest BCUT2D eigenvalue weighted by Gasteiger charge is -2.37. The lowest BCUT2D eigenvalue weighted by Crippen LogP contribution is -2.31. The molecule has 92 valence electrons. The maximum Gasteiger partial charge on any atom is 0.272 e. The first-order chi connectivity index (χ1) is 6.46. The van der Waals surface area contributed by atoms with E-state index < -0.39 is 39.9 Å². The second kappa shape index (κ2) is 4.99. The van der Waals surface area contributed by atoms with Gasteiger partial charge < -0.3 is 28.7 Å². The van der Waals surface area contributed by atoms with Gasteiger partial charge in [-0.1, -0.05) is 7.60 Å². The number of hydrogen-bond donors (Lipinski definition) is 0. The molecule has 0 amide bonds. The van der Waals surface area contributed by atoms with Gasteiger partial charge in [0, 0.05) is 14.0 Å². The molecular formula is C5H8F2O6P2-4. The molecule has 0 heterocycles. The Bertz CT molecular complexity index is 294. The zero-order valence-corrected chi connectivity index (χ0v) is 9.22. The van der Waals surface area contributed by atoms with Gasteiger partial charge in [-0.3, -0.25) is 0 Å². The van der Waals surface area contributed by atoms with Crippen molar-refractivity contribution in [2.45, 2.75) is 24.9 Å². The van der Waals surface area contributed by atoms with Crippen molar-refractivity contribution < 1.29 is 37.5 Å². The van der Waals surface area contributed by atoms with Crippen LogP contribution >= 0.6 is 15.2 Å². The van der Waals surface area contributed by atoms with Crippen LogP contribution in [0.25, 0.3) is 0 Å². The van der Waals surface area contributed by atoms with Gasteiger partial charge in [0.05, 0.1) is 0 Å². The van der Waals surface area contributed by atoms with Gasteiger partial charge in [0.15, 0.2) is 0 Å². The number of unbranched alkanes of at least 4 members (excludes halogenated alkanes) is 1. The lowest BCUT2D eigenvalue weighted by molar-refractivity contribution is -0.334. The molecule has 0 aromatic rings. The second-order valence-corrected chi connectivity index (χ2v) is 6.27. The molecule has 0 rings (SSSR count). The van der Waals surface area contributed by atoms with Gasteiger partial charge in [-0.15, -0.1) is 0 Å². The standard InChI is InChI=1S/C5H12F2O6P2/c6-5(7,15(11,12)13)3-1-2-4-14(8,9)10/h1-4H2,(H2,8,9,10)(H2,11,12,13)/p-4. The van der Waals surface area contributed by atoms with E-state index in [9.17, 15) is 37.5 Å². The zero-order chi connectivity index (χ0) is 12.3. The van der Waals surface area contributed by atoms with Crippen molar-refractivity contribution in [3.8, 4) is 0 Å². The molecule has 0 N–H and O–H groups in total. The van der Waals surface area contributed by atoms with E-state index in [1.807, 2.05) is 0 Å². The summed E-state index contributed by atoms with van der Waals surface area (Å²) in [6.45, 7) is 0. The van der Waals surface area contributed by atoms with Crippen LogP contribution in [0.15, 0.2) is 0 Å². The Morgan fingerprint density at radius 3 is 1.80 bits per heavy atom. The highest BCUT2D eigenvalue weighted by Crippen LogP contribution is 2.48. The van der Waals surface area contributed by atoms with Gasteiger partial charge in [-0.25, -0.2) is 8.78 Å². The fourth-order valence-electron chi connectivity index (χ4n) is 0.780. The molecule has 6 nitrogen and oxygen atoms in total. The summed E-state index contributed by atoms with van der Waals surface area (Å²) < 4.78 is 44.9. The van der Waals surface area contributed by atoms with Crippen LogP contribution in [0.1, 0.15) is 19.3 Å². The molecule has 0 saturated carbocycles. The molecule has 0 aromatic heterocycles. The molecule has 0 fully saturated rings. The highest BCUT2D eigenvalue weighted by Gasteiger charge is 2.32. The third kappa shape index (κ3) is 6.35. The van der Waals surface area contributed by atoms with E-state index in [1.54, 1.807) is 0 Å². The topological polar surface area (TPSA) is 126 Å². The van der Waals surface area contributed by atoms with Crippen LogP contribution in [0.5, 0.6) is 0 Å². The monoisotopic (exact) mass is 264 g/mol. The van der Waals surface area contributed by atoms with Gasteiger partial charge in [0.2, 0.25) is 0 Å². The predicted molar refractivity (Wildman–Crippen MR) is 38.9 cm³/mol. The second-order valence-electron chi connectivity index (χ2n) is 2.95. The fourth-order valence-corrected chi connectivity index (χ4v) is 1.82. The molecule has 0 aliphatic carbocycles. The molecule has 0 unspecified atom stereocenters. The molecule has 0 aromatic carbocycles. The summed E-state index contributed by atoms with van der Waals surface area (Å²) in [5.41, 5.74) is -4.39. The van der Waals surface area contributed by atoms with Crippen molar-refractivity contribution in [2.75, 3.05) is 6.16 Å². The third-order valence-corrected chi connectivity index (χ3v) is 3.45. The minimum Gasteiger partial charge on any atom is -0.811 e. The molecule has 0 atom stereocenters. The van der Waals surface area contributed by atoms with Crippen LogP contribution in [-0.2, 0) is 9.13 Å². The first-order valence-corrected chi connectivity index (χ1v) is 7.14. The van der Waals surface area contributed by atoms with Crippen LogP contribution in [0.3, 0.4) is 0 Å². The van der Waals surface area contributed by atoms with Crippen LogP contribution in [0.4, 0.5) is 8.78 Å². The Morgan fingerprint density at radius 1 is 1.00 bits per heavy atom. The maximum absolute atomic E-state index is 12.4. The predicted octanol–water partition coefficient (Wildman–Crippen LogP) is -1.42. The summed E-state index contributed by atoms with van der Waals surface area (Å²) in [6, 6.07) is 0. The highest BCUT2D eigenvalue weighted by atomic mass is 31.2. The third-order valence-electron chi connectivity index (χ3n) is 1.56. The number of hydrogen-bond acceptors (Lipinski definition) is 6. The van der Waals surface area contributed by atoms with Crippen molar-refractivity contribution in [3.63, 3.8) is 0 Å². The SMILES string of the molecule is O=P([O-])([O-])CCCCC(F)(F)P(=O)([O-])[O-]. The van der Waals surface area contributed by atoms with E-state index in [0.717, 1.165) is 0 Å². The van der Waals surface area contributed by atoms with Crippen molar-refractivity contribution in [1.29, 1.82) is 0 Å². The van der Waals surface area contributed by atoms with E-state index in [4.69, 9.17) is 0 Å². The Labute approximate surface area is 84.6 Å². The molecule has 0 aliphatic heterocycles. The molecule has 0 radical (unpaired) electrons. The first-order valence-electron chi connectivity index (χ1n) is 3.87. The number of halogens is 2. The van der Waals surface area contributed by atoms with Gasteiger partial charge in [0.25, 0.3) is 5.66 Å². The average Bonchev–Trinajstić information content (AvgIpc) is 1.94. The molecule has 10 heteroatoms. The minimum atomic E-state index is -6.01. The summed E-state index contributed by atoms with van der Waals surface area (Å²) >= 11 is 0. The first kappa shape index (κ1) is 15.2. The van der Waals surface area contributed by atoms with Crippen LogP contribution < -0.4 is 19.6 Å². The van der Waals surface area contributed by atoms with Crippen LogP contribution in [0.2, 0.25) is 0 Å². The van der Waals surface area contributed by atoms with Gasteiger partial charge >= 0.3 is 0 Å². The van der Waals surface area contributed by atoms with E-state index >= 15 is 0 Å². The van der Waals surface area contributed by atoms with Gasteiger partial charge in [-0.2, -0.15) is 0 Å². The van der Waals surface area contributed by atoms with Crippen LogP contribution in [0, 0.1) is 0 Å². The summed E-state index contributed by atoms with van der Waals surface area (Å²) in [7, 11) is -10.8. The van der Waals surface area contributed by atoms with Crippen LogP contribution in [-0.4, -0.2) is 11.8 Å². The van der Waals surface area contributed by atoms with Crippen molar-refractivity contribution in [2.24, 2.45) is 0 Å². The number of alkyl halides is 2. The smallest absolute Gasteiger partial charge is 0.272 e. The summed E-state index contributed by atoms with van der Waals surface area (Å²) in [5.74, 6) is 0.